The third-order valence-electron chi connectivity index (χ3n) is 3.63. The van der Waals surface area contributed by atoms with Crippen molar-refractivity contribution in [2.45, 2.75) is 31.7 Å². The molecule has 5 nitrogen and oxygen atoms in total. The molecule has 5 heteroatoms. The van der Waals surface area contributed by atoms with Crippen LogP contribution in [0.25, 0.3) is 0 Å². The van der Waals surface area contributed by atoms with Gasteiger partial charge in [-0.1, -0.05) is 0 Å². The van der Waals surface area contributed by atoms with Crippen LogP contribution in [0.3, 0.4) is 0 Å². The smallest absolute Gasteiger partial charge is 0.156 e. The van der Waals surface area contributed by atoms with E-state index in [9.17, 15) is 4.79 Å². The van der Waals surface area contributed by atoms with Crippen LogP contribution in [-0.2, 0) is 4.79 Å². The van der Waals surface area contributed by atoms with Crippen molar-refractivity contribution in [3.05, 3.63) is 29.3 Å². The minimum absolute atomic E-state index is 0.0960. The molecule has 0 spiro atoms. The largest absolute Gasteiger partial charge is 0.388 e. The van der Waals surface area contributed by atoms with Crippen molar-refractivity contribution in [3.63, 3.8) is 0 Å². The molecule has 0 saturated heterocycles. The second-order valence-electron chi connectivity index (χ2n) is 5.00. The second kappa shape index (κ2) is 6.80. The van der Waals surface area contributed by atoms with Crippen LogP contribution in [0.2, 0.25) is 0 Å². The Balaban J connectivity index is 2.34. The Kier molecular flexibility index (Phi) is 4.83. The normalized spacial score (nSPS) is 16.4. The first-order chi connectivity index (χ1) is 10.2. The van der Waals surface area contributed by atoms with Gasteiger partial charge in [0, 0.05) is 31.1 Å². The number of nitrogens with zero attached hydrogens (tertiary/aromatic N) is 3. The van der Waals surface area contributed by atoms with E-state index in [1.54, 1.807) is 12.1 Å². The van der Waals surface area contributed by atoms with Crippen LogP contribution in [-0.4, -0.2) is 31.4 Å². The van der Waals surface area contributed by atoms with Crippen molar-refractivity contribution in [2.75, 3.05) is 12.4 Å². The minimum atomic E-state index is 0.0960. The molecular formula is C16H18N4O. The van der Waals surface area contributed by atoms with E-state index in [1.807, 2.05) is 13.1 Å². The van der Waals surface area contributed by atoms with Gasteiger partial charge in [-0.3, -0.25) is 9.79 Å². The van der Waals surface area contributed by atoms with Crippen LogP contribution < -0.4 is 5.32 Å². The van der Waals surface area contributed by atoms with E-state index in [1.165, 1.54) is 0 Å². The topological polar surface area (TPSA) is 77.6 Å². The Hall–Kier alpha value is -2.48. The zero-order chi connectivity index (χ0) is 15.2. The first-order valence-electron chi connectivity index (χ1n) is 6.96. The number of carbonyl (C=O) groups excluding carboxylic acids is 1. The predicted molar refractivity (Wildman–Crippen MR) is 84.1 cm³/mol. The molecule has 2 rings (SSSR count). The first-order valence-corrected chi connectivity index (χ1v) is 6.96. The van der Waals surface area contributed by atoms with Crippen molar-refractivity contribution in [3.8, 4) is 6.07 Å². The molecule has 1 aliphatic carbocycles. The monoisotopic (exact) mass is 282 g/mol. The third kappa shape index (κ3) is 3.54. The Morgan fingerprint density at radius 1 is 1.43 bits per heavy atom. The summed E-state index contributed by atoms with van der Waals surface area (Å²) in [6, 6.07) is 7.55. The quantitative estimate of drug-likeness (QED) is 0.683. The van der Waals surface area contributed by atoms with E-state index in [0.717, 1.165) is 24.1 Å². The summed E-state index contributed by atoms with van der Waals surface area (Å²) >= 11 is 0. The standard InChI is InChI=1S/C16H18N4O/c1-18-15-8-3-11(10-17)9-14(15)16(19-2)20-12-4-6-13(21)7-5-12/h3,8-9,12,18H,2,4-7H2,1H3. The number of nitriles is 1. The molecule has 0 aromatic heterocycles. The highest BCUT2D eigenvalue weighted by Gasteiger charge is 2.19. The molecule has 1 aliphatic rings. The fourth-order valence-corrected chi connectivity index (χ4v) is 2.44. The fraction of sp³-hybridized carbons (Fsp3) is 0.375. The van der Waals surface area contributed by atoms with Crippen LogP contribution in [0.15, 0.2) is 28.2 Å². The summed E-state index contributed by atoms with van der Waals surface area (Å²) in [6.07, 6.45) is 2.67. The highest BCUT2D eigenvalue weighted by Crippen LogP contribution is 2.22. The first kappa shape index (κ1) is 14.9. The maximum atomic E-state index is 11.3. The molecule has 21 heavy (non-hydrogen) atoms. The maximum absolute atomic E-state index is 11.3. The molecule has 0 radical (unpaired) electrons. The van der Waals surface area contributed by atoms with E-state index in [0.29, 0.717) is 30.0 Å². The summed E-state index contributed by atoms with van der Waals surface area (Å²) in [5, 5.41) is 12.1. The van der Waals surface area contributed by atoms with Crippen LogP contribution in [0.4, 0.5) is 5.69 Å². The van der Waals surface area contributed by atoms with Gasteiger partial charge in [0.05, 0.1) is 17.7 Å². The number of amidine groups is 1. The van der Waals surface area contributed by atoms with Crippen LogP contribution in [0, 0.1) is 11.3 Å². The average Bonchev–Trinajstić information content (AvgIpc) is 2.53. The Morgan fingerprint density at radius 2 is 2.14 bits per heavy atom. The molecule has 108 valence electrons. The van der Waals surface area contributed by atoms with E-state index in [4.69, 9.17) is 5.26 Å². The number of Topliss-reactive ketones (excluding diaryl/α,β-unsaturated/α-hetero) is 1. The minimum Gasteiger partial charge on any atom is -0.388 e. The molecule has 0 unspecified atom stereocenters. The van der Waals surface area contributed by atoms with Gasteiger partial charge in [-0.05, 0) is 37.8 Å². The van der Waals surface area contributed by atoms with Gasteiger partial charge in [0.2, 0.25) is 0 Å². The van der Waals surface area contributed by atoms with Gasteiger partial charge in [-0.15, -0.1) is 0 Å². The van der Waals surface area contributed by atoms with Crippen LogP contribution >= 0.6 is 0 Å². The lowest BCUT2D eigenvalue weighted by molar-refractivity contribution is -0.120. The van der Waals surface area contributed by atoms with Crippen molar-refractivity contribution in [1.29, 1.82) is 5.26 Å². The lowest BCUT2D eigenvalue weighted by atomic mass is 9.94. The van der Waals surface area contributed by atoms with E-state index >= 15 is 0 Å². The average molecular weight is 282 g/mol. The number of ketones is 1. The number of rotatable bonds is 3. The molecule has 0 aliphatic heterocycles. The predicted octanol–water partition coefficient (Wildman–Crippen LogP) is 2.56. The van der Waals surface area contributed by atoms with Crippen molar-refractivity contribution in [2.24, 2.45) is 9.98 Å². The number of nitrogens with one attached hydrogen (secondary N) is 1. The molecule has 0 amide bonds. The fourth-order valence-electron chi connectivity index (χ4n) is 2.44. The second-order valence-corrected chi connectivity index (χ2v) is 5.00. The summed E-state index contributed by atoms with van der Waals surface area (Å²) in [6.45, 7) is 3.59. The molecule has 0 atom stereocenters. The number of hydrogen-bond acceptors (Lipinski definition) is 4. The van der Waals surface area contributed by atoms with Gasteiger partial charge in [-0.25, -0.2) is 4.99 Å². The molecular weight excluding hydrogens is 264 g/mol. The molecule has 1 aromatic carbocycles. The van der Waals surface area contributed by atoms with Crippen molar-refractivity contribution < 1.29 is 4.79 Å². The molecule has 1 N–H and O–H groups in total. The molecule has 1 saturated carbocycles. The van der Waals surface area contributed by atoms with E-state index in [-0.39, 0.29) is 6.04 Å². The molecule has 0 heterocycles. The summed E-state index contributed by atoms with van der Waals surface area (Å²) in [4.78, 5) is 19.9. The van der Waals surface area contributed by atoms with Gasteiger partial charge in [0.25, 0.3) is 0 Å². The lowest BCUT2D eigenvalue weighted by Gasteiger charge is -2.18. The molecule has 0 bridgehead atoms. The van der Waals surface area contributed by atoms with Gasteiger partial charge in [0.15, 0.2) is 5.84 Å². The zero-order valence-corrected chi connectivity index (χ0v) is 12.1. The SMILES string of the molecule is C=NC(=NC1CCC(=O)CC1)c1cc(C#N)ccc1NC. The number of carbonyl (C=O) groups is 1. The van der Waals surface area contributed by atoms with E-state index < -0.39 is 0 Å². The maximum Gasteiger partial charge on any atom is 0.156 e. The summed E-state index contributed by atoms with van der Waals surface area (Å²) in [5.41, 5.74) is 2.18. The van der Waals surface area contributed by atoms with Gasteiger partial charge < -0.3 is 5.32 Å². The van der Waals surface area contributed by atoms with Crippen molar-refractivity contribution in [1.82, 2.24) is 0 Å². The summed E-state index contributed by atoms with van der Waals surface area (Å²) < 4.78 is 0. The number of anilines is 1. The third-order valence-corrected chi connectivity index (χ3v) is 3.63. The molecule has 1 aromatic rings. The lowest BCUT2D eigenvalue weighted by Crippen LogP contribution is -2.18. The van der Waals surface area contributed by atoms with Gasteiger partial charge >= 0.3 is 0 Å². The highest BCUT2D eigenvalue weighted by atomic mass is 16.1. The summed E-state index contributed by atoms with van der Waals surface area (Å²) in [5.74, 6) is 0.827. The Morgan fingerprint density at radius 3 is 2.71 bits per heavy atom. The van der Waals surface area contributed by atoms with Gasteiger partial charge in [-0.2, -0.15) is 5.26 Å². The number of aliphatic imine (C=N–C) groups is 2. The number of hydrogen-bond donors (Lipinski definition) is 1. The van der Waals surface area contributed by atoms with Gasteiger partial charge in [0.1, 0.15) is 5.78 Å². The zero-order valence-electron chi connectivity index (χ0n) is 12.1. The van der Waals surface area contributed by atoms with E-state index in [2.05, 4.69) is 28.1 Å². The molecule has 1 fully saturated rings. The Bertz CT molecular complexity index is 618. The van der Waals surface area contributed by atoms with Crippen LogP contribution in [0.1, 0.15) is 36.8 Å². The van der Waals surface area contributed by atoms with Crippen LogP contribution in [0.5, 0.6) is 0 Å². The Labute approximate surface area is 124 Å². The summed E-state index contributed by atoms with van der Waals surface area (Å²) in [7, 11) is 1.81. The number of benzene rings is 1. The van der Waals surface area contributed by atoms with Crippen molar-refractivity contribution >= 4 is 24.0 Å². The highest BCUT2D eigenvalue weighted by molar-refractivity contribution is 6.06.